The van der Waals surface area contributed by atoms with Gasteiger partial charge in [0, 0.05) is 51.2 Å². The van der Waals surface area contributed by atoms with Gasteiger partial charge < -0.3 is 14.9 Å². The summed E-state index contributed by atoms with van der Waals surface area (Å²) in [5.74, 6) is -0.479. The van der Waals surface area contributed by atoms with Crippen LogP contribution in [0, 0.1) is 11.7 Å². The summed E-state index contributed by atoms with van der Waals surface area (Å²) in [6.07, 6.45) is 2.06. The van der Waals surface area contributed by atoms with Gasteiger partial charge in [0.15, 0.2) is 0 Å². The van der Waals surface area contributed by atoms with Crippen molar-refractivity contribution in [3.05, 3.63) is 30.1 Å². The van der Waals surface area contributed by atoms with Crippen LogP contribution in [0.5, 0.6) is 0 Å². The highest BCUT2D eigenvalue weighted by Crippen LogP contribution is 2.29. The van der Waals surface area contributed by atoms with Crippen LogP contribution in [0.15, 0.2) is 24.3 Å². The molecule has 150 valence electrons. The predicted molar refractivity (Wildman–Crippen MR) is 106 cm³/mol. The SMILES string of the molecule is CC(C)N1CC[C@H](N2CCN(c3ccccc3F)CC2)[C@H](CCC(=O)O)C1. The number of aliphatic carboxylic acids is 1. The first-order valence-corrected chi connectivity index (χ1v) is 10.1. The summed E-state index contributed by atoms with van der Waals surface area (Å²) >= 11 is 0. The number of para-hydroxylation sites is 1. The molecule has 27 heavy (non-hydrogen) atoms. The van der Waals surface area contributed by atoms with E-state index in [2.05, 4.69) is 28.5 Å². The number of rotatable bonds is 6. The molecule has 2 fully saturated rings. The lowest BCUT2D eigenvalue weighted by Gasteiger charge is -2.48. The average molecular weight is 378 g/mol. The average Bonchev–Trinajstić information content (AvgIpc) is 2.66. The van der Waals surface area contributed by atoms with Crippen molar-refractivity contribution in [3.8, 4) is 0 Å². The van der Waals surface area contributed by atoms with Crippen molar-refractivity contribution in [2.45, 2.75) is 45.2 Å². The molecule has 0 aliphatic carbocycles. The number of benzene rings is 1. The summed E-state index contributed by atoms with van der Waals surface area (Å²) in [6.45, 7) is 9.91. The van der Waals surface area contributed by atoms with Gasteiger partial charge in [-0.05, 0) is 51.3 Å². The third-order valence-electron chi connectivity index (χ3n) is 6.16. The van der Waals surface area contributed by atoms with E-state index in [9.17, 15) is 9.18 Å². The minimum Gasteiger partial charge on any atom is -0.481 e. The smallest absolute Gasteiger partial charge is 0.303 e. The van der Waals surface area contributed by atoms with E-state index in [1.165, 1.54) is 6.07 Å². The Labute approximate surface area is 161 Å². The molecular weight excluding hydrogens is 345 g/mol. The summed E-state index contributed by atoms with van der Waals surface area (Å²) in [5.41, 5.74) is 0.689. The van der Waals surface area contributed by atoms with Crippen LogP contribution in [-0.4, -0.2) is 72.2 Å². The molecule has 1 N–H and O–H groups in total. The molecule has 1 aromatic rings. The Kier molecular flexibility index (Phi) is 6.71. The van der Waals surface area contributed by atoms with E-state index in [4.69, 9.17) is 5.11 Å². The van der Waals surface area contributed by atoms with E-state index in [-0.39, 0.29) is 12.2 Å². The van der Waals surface area contributed by atoms with Crippen molar-refractivity contribution in [3.63, 3.8) is 0 Å². The van der Waals surface area contributed by atoms with Crippen LogP contribution in [0.25, 0.3) is 0 Å². The highest BCUT2D eigenvalue weighted by atomic mass is 19.1. The molecule has 2 atom stereocenters. The highest BCUT2D eigenvalue weighted by Gasteiger charge is 2.35. The number of piperidine rings is 1. The number of piperazine rings is 1. The molecule has 1 aromatic carbocycles. The van der Waals surface area contributed by atoms with Crippen LogP contribution >= 0.6 is 0 Å². The standard InChI is InChI=1S/C21H32FN3O2/c1-16(2)25-10-9-19(17(15-25)7-8-21(26)27)23-11-13-24(14-12-23)20-6-4-3-5-18(20)22/h3-6,16-17,19H,7-15H2,1-2H3,(H,26,27)/t17-,19+/m1/s1. The van der Waals surface area contributed by atoms with Gasteiger partial charge in [0.2, 0.25) is 0 Å². The quantitative estimate of drug-likeness (QED) is 0.826. The van der Waals surface area contributed by atoms with Crippen molar-refractivity contribution < 1.29 is 14.3 Å². The zero-order valence-electron chi connectivity index (χ0n) is 16.5. The normalized spacial score (nSPS) is 25.1. The van der Waals surface area contributed by atoms with Crippen molar-refractivity contribution in [2.75, 3.05) is 44.2 Å². The molecule has 0 saturated carbocycles. The van der Waals surface area contributed by atoms with Gasteiger partial charge in [-0.25, -0.2) is 4.39 Å². The van der Waals surface area contributed by atoms with E-state index in [0.29, 0.717) is 23.7 Å². The summed E-state index contributed by atoms with van der Waals surface area (Å²) in [5, 5.41) is 9.13. The topological polar surface area (TPSA) is 47.0 Å². The Bertz CT molecular complexity index is 632. The van der Waals surface area contributed by atoms with Crippen LogP contribution in [-0.2, 0) is 4.79 Å². The van der Waals surface area contributed by atoms with Gasteiger partial charge >= 0.3 is 5.97 Å². The Morgan fingerprint density at radius 2 is 1.89 bits per heavy atom. The van der Waals surface area contributed by atoms with E-state index in [1.54, 1.807) is 6.07 Å². The molecule has 6 heteroatoms. The number of likely N-dealkylation sites (tertiary alicyclic amines) is 1. The predicted octanol–water partition coefficient (Wildman–Crippen LogP) is 2.91. The summed E-state index contributed by atoms with van der Waals surface area (Å²) < 4.78 is 14.1. The second-order valence-electron chi connectivity index (χ2n) is 8.11. The number of carboxylic acid groups (broad SMARTS) is 1. The van der Waals surface area contributed by atoms with Crippen molar-refractivity contribution in [1.82, 2.24) is 9.80 Å². The highest BCUT2D eigenvalue weighted by molar-refractivity contribution is 5.66. The van der Waals surface area contributed by atoms with Gasteiger partial charge in [-0.3, -0.25) is 9.69 Å². The minimum atomic E-state index is -0.709. The van der Waals surface area contributed by atoms with E-state index in [1.807, 2.05) is 12.1 Å². The molecule has 0 radical (unpaired) electrons. The maximum Gasteiger partial charge on any atom is 0.303 e. The zero-order valence-corrected chi connectivity index (χ0v) is 16.5. The number of hydrogen-bond acceptors (Lipinski definition) is 4. The molecule has 5 nitrogen and oxygen atoms in total. The van der Waals surface area contributed by atoms with Crippen LogP contribution in [0.1, 0.15) is 33.1 Å². The molecular formula is C21H32FN3O2. The fraction of sp³-hybridized carbons (Fsp3) is 0.667. The number of carbonyl (C=O) groups is 1. The second kappa shape index (κ2) is 9.02. The molecule has 0 unspecified atom stereocenters. The van der Waals surface area contributed by atoms with Crippen LogP contribution in [0.3, 0.4) is 0 Å². The van der Waals surface area contributed by atoms with Crippen LogP contribution in [0.4, 0.5) is 10.1 Å². The fourth-order valence-electron chi connectivity index (χ4n) is 4.59. The summed E-state index contributed by atoms with van der Waals surface area (Å²) in [4.78, 5) is 18.2. The third kappa shape index (κ3) is 4.99. The molecule has 2 saturated heterocycles. The Morgan fingerprint density at radius 1 is 1.19 bits per heavy atom. The summed E-state index contributed by atoms with van der Waals surface area (Å²) in [6, 6.07) is 7.91. The number of nitrogens with zero attached hydrogens (tertiary/aromatic N) is 3. The Hall–Kier alpha value is -1.66. The minimum absolute atomic E-state index is 0.157. The maximum atomic E-state index is 14.1. The maximum absolute atomic E-state index is 14.1. The molecule has 2 heterocycles. The van der Waals surface area contributed by atoms with Gasteiger partial charge in [-0.15, -0.1) is 0 Å². The lowest BCUT2D eigenvalue weighted by molar-refractivity contribution is -0.137. The number of anilines is 1. The van der Waals surface area contributed by atoms with Gasteiger partial charge in [0.1, 0.15) is 5.82 Å². The lowest BCUT2D eigenvalue weighted by Crippen LogP contribution is -2.57. The van der Waals surface area contributed by atoms with Gasteiger partial charge in [-0.1, -0.05) is 12.1 Å². The van der Waals surface area contributed by atoms with E-state index in [0.717, 1.165) is 52.1 Å². The summed E-state index contributed by atoms with van der Waals surface area (Å²) in [7, 11) is 0. The van der Waals surface area contributed by atoms with Gasteiger partial charge in [0.25, 0.3) is 0 Å². The number of hydrogen-bond donors (Lipinski definition) is 1. The van der Waals surface area contributed by atoms with Gasteiger partial charge in [0.05, 0.1) is 5.69 Å². The third-order valence-corrected chi connectivity index (χ3v) is 6.16. The van der Waals surface area contributed by atoms with Crippen LogP contribution < -0.4 is 4.90 Å². The fourth-order valence-corrected chi connectivity index (χ4v) is 4.59. The first-order valence-electron chi connectivity index (χ1n) is 10.1. The molecule has 0 spiro atoms. The molecule has 0 bridgehead atoms. The zero-order chi connectivity index (χ0) is 19.4. The molecule has 0 aromatic heterocycles. The van der Waals surface area contributed by atoms with E-state index >= 15 is 0 Å². The monoisotopic (exact) mass is 377 g/mol. The largest absolute Gasteiger partial charge is 0.481 e. The first-order chi connectivity index (χ1) is 13.0. The molecule has 3 rings (SSSR count). The molecule has 0 amide bonds. The Morgan fingerprint density at radius 3 is 2.52 bits per heavy atom. The Balaban J connectivity index is 1.62. The van der Waals surface area contributed by atoms with Crippen molar-refractivity contribution in [2.24, 2.45) is 5.92 Å². The van der Waals surface area contributed by atoms with Crippen molar-refractivity contribution >= 4 is 11.7 Å². The van der Waals surface area contributed by atoms with Gasteiger partial charge in [-0.2, -0.15) is 0 Å². The van der Waals surface area contributed by atoms with Crippen LogP contribution in [0.2, 0.25) is 0 Å². The van der Waals surface area contributed by atoms with Crippen molar-refractivity contribution in [1.29, 1.82) is 0 Å². The lowest BCUT2D eigenvalue weighted by atomic mass is 9.86. The second-order valence-corrected chi connectivity index (χ2v) is 8.11. The molecule has 2 aliphatic rings. The number of halogens is 1. The van der Waals surface area contributed by atoms with E-state index < -0.39 is 5.97 Å². The number of carboxylic acids is 1. The first kappa shape index (κ1) is 20.1. The molecule has 2 aliphatic heterocycles.